The summed E-state index contributed by atoms with van der Waals surface area (Å²) in [5.41, 5.74) is 1.67. The van der Waals surface area contributed by atoms with Gasteiger partial charge in [0.1, 0.15) is 11.4 Å². The highest BCUT2D eigenvalue weighted by Gasteiger charge is 2.26. The van der Waals surface area contributed by atoms with Gasteiger partial charge in [0.15, 0.2) is 5.78 Å². The van der Waals surface area contributed by atoms with Gasteiger partial charge in [-0.25, -0.2) is 4.79 Å². The molecule has 0 radical (unpaired) electrons. The van der Waals surface area contributed by atoms with Crippen molar-refractivity contribution in [2.24, 2.45) is 5.92 Å². The minimum atomic E-state index is -0.576. The van der Waals surface area contributed by atoms with Crippen molar-refractivity contribution >= 4 is 17.6 Å². The number of fused-ring (bicyclic) bond motifs is 1. The fraction of sp³-hybridized carbons (Fsp3) is 0.692. The number of ketones is 1. The summed E-state index contributed by atoms with van der Waals surface area (Å²) in [5.74, 6) is 0.803. The van der Waals surface area contributed by atoms with Crippen LogP contribution in [-0.2, 0) is 16.0 Å². The van der Waals surface area contributed by atoms with E-state index in [1.807, 2.05) is 26.8 Å². The minimum Gasteiger partial charge on any atom is -0.494 e. The molecule has 0 spiro atoms. The molecule has 33 heavy (non-hydrogen) atoms. The fourth-order valence-electron chi connectivity index (χ4n) is 4.41. The Labute approximate surface area is 198 Å². The molecule has 7 heteroatoms. The van der Waals surface area contributed by atoms with Crippen LogP contribution in [0, 0.1) is 5.92 Å². The van der Waals surface area contributed by atoms with Crippen molar-refractivity contribution in [3.05, 3.63) is 23.8 Å². The number of ether oxygens (including phenoxy) is 2. The number of rotatable bonds is 8. The number of aryl methyl sites for hydroxylation is 1. The van der Waals surface area contributed by atoms with Gasteiger partial charge in [-0.15, -0.1) is 0 Å². The van der Waals surface area contributed by atoms with Crippen LogP contribution in [0.3, 0.4) is 0 Å². The summed E-state index contributed by atoms with van der Waals surface area (Å²) in [5, 5.41) is 3.42. The lowest BCUT2D eigenvalue weighted by atomic mass is 9.96. The lowest BCUT2D eigenvalue weighted by molar-refractivity contribution is -0.123. The van der Waals surface area contributed by atoms with Gasteiger partial charge in [0.25, 0.3) is 0 Å². The van der Waals surface area contributed by atoms with E-state index in [0.717, 1.165) is 43.9 Å². The molecule has 1 aromatic carbocycles. The standard InChI is InChI=1S/C26H41N3O4/c1-26(2,3)33-25(31)28(4)19-24(30)21-10-9-20-17-22(11-12-23(20)27-18-21)32-16-8-15-29-13-6-5-7-14-29/h11-12,17,21,27H,5-10,13-16,18-19H2,1-4H3. The number of piperidine rings is 1. The molecule has 184 valence electrons. The third-order valence-corrected chi connectivity index (χ3v) is 6.27. The monoisotopic (exact) mass is 459 g/mol. The van der Waals surface area contributed by atoms with Crippen molar-refractivity contribution in [1.29, 1.82) is 0 Å². The van der Waals surface area contributed by atoms with Crippen LogP contribution in [0.5, 0.6) is 5.75 Å². The lowest BCUT2D eigenvalue weighted by Gasteiger charge is -2.26. The van der Waals surface area contributed by atoms with Crippen LogP contribution >= 0.6 is 0 Å². The van der Waals surface area contributed by atoms with E-state index in [2.05, 4.69) is 22.3 Å². The highest BCUT2D eigenvalue weighted by Crippen LogP contribution is 2.28. The van der Waals surface area contributed by atoms with Crippen LogP contribution in [0.15, 0.2) is 18.2 Å². The molecule has 7 nitrogen and oxygen atoms in total. The number of benzene rings is 1. The molecule has 0 aliphatic carbocycles. The quantitative estimate of drug-likeness (QED) is 0.583. The first-order valence-corrected chi connectivity index (χ1v) is 12.4. The minimum absolute atomic E-state index is 0.0536. The average Bonchev–Trinajstić information content (AvgIpc) is 2.98. The van der Waals surface area contributed by atoms with Crippen molar-refractivity contribution in [2.45, 2.75) is 64.9 Å². The lowest BCUT2D eigenvalue weighted by Crippen LogP contribution is -2.39. The van der Waals surface area contributed by atoms with Crippen LogP contribution < -0.4 is 10.1 Å². The molecule has 0 bridgehead atoms. The van der Waals surface area contributed by atoms with E-state index in [1.165, 1.54) is 42.8 Å². The summed E-state index contributed by atoms with van der Waals surface area (Å²) in [7, 11) is 1.61. The van der Waals surface area contributed by atoms with E-state index in [0.29, 0.717) is 6.54 Å². The van der Waals surface area contributed by atoms with Gasteiger partial charge in [0.2, 0.25) is 0 Å². The molecule has 3 rings (SSSR count). The molecule has 1 amide bonds. The normalized spacial score (nSPS) is 19.1. The highest BCUT2D eigenvalue weighted by atomic mass is 16.6. The number of Topliss-reactive ketones (excluding diaryl/α,β-unsaturated/α-hetero) is 1. The second-order valence-corrected chi connectivity index (χ2v) is 10.3. The predicted molar refractivity (Wildman–Crippen MR) is 131 cm³/mol. The zero-order valence-electron chi connectivity index (χ0n) is 20.8. The molecule has 0 aromatic heterocycles. The van der Waals surface area contributed by atoms with Crippen molar-refractivity contribution in [3.8, 4) is 5.75 Å². The molecule has 2 heterocycles. The van der Waals surface area contributed by atoms with Crippen LogP contribution in [0.1, 0.15) is 58.4 Å². The Hall–Kier alpha value is -2.28. The number of nitrogens with zero attached hydrogens (tertiary/aromatic N) is 2. The second kappa shape index (κ2) is 11.7. The molecule has 1 unspecified atom stereocenters. The molecule has 1 saturated heterocycles. The number of anilines is 1. The van der Waals surface area contributed by atoms with E-state index in [-0.39, 0.29) is 18.2 Å². The van der Waals surface area contributed by atoms with Crippen LogP contribution in [0.4, 0.5) is 10.5 Å². The number of hydrogen-bond acceptors (Lipinski definition) is 6. The van der Waals surface area contributed by atoms with Crippen LogP contribution in [-0.4, -0.2) is 73.7 Å². The van der Waals surface area contributed by atoms with Gasteiger partial charge in [-0.05, 0) is 89.7 Å². The van der Waals surface area contributed by atoms with Crippen molar-refractivity contribution in [2.75, 3.05) is 51.7 Å². The summed E-state index contributed by atoms with van der Waals surface area (Å²) in [6.07, 6.45) is 6.13. The van der Waals surface area contributed by atoms with Gasteiger partial charge in [-0.1, -0.05) is 6.42 Å². The first-order chi connectivity index (χ1) is 15.7. The molecule has 2 aliphatic rings. The second-order valence-electron chi connectivity index (χ2n) is 10.3. The fourth-order valence-corrected chi connectivity index (χ4v) is 4.41. The van der Waals surface area contributed by atoms with E-state index in [9.17, 15) is 9.59 Å². The van der Waals surface area contributed by atoms with E-state index < -0.39 is 11.7 Å². The molecule has 2 aliphatic heterocycles. The summed E-state index contributed by atoms with van der Waals surface area (Å²) in [6.45, 7) is 10.4. The van der Waals surface area contributed by atoms with E-state index >= 15 is 0 Å². The van der Waals surface area contributed by atoms with Gasteiger partial charge in [0.05, 0.1) is 13.2 Å². The Morgan fingerprint density at radius 2 is 1.94 bits per heavy atom. The molecule has 0 saturated carbocycles. The Bertz CT molecular complexity index is 799. The maximum Gasteiger partial charge on any atom is 0.410 e. The zero-order valence-corrected chi connectivity index (χ0v) is 20.8. The van der Waals surface area contributed by atoms with Crippen molar-refractivity contribution in [1.82, 2.24) is 9.80 Å². The highest BCUT2D eigenvalue weighted by molar-refractivity contribution is 5.86. The van der Waals surface area contributed by atoms with Gasteiger partial charge >= 0.3 is 6.09 Å². The van der Waals surface area contributed by atoms with Crippen LogP contribution in [0.25, 0.3) is 0 Å². The Morgan fingerprint density at radius 3 is 2.67 bits per heavy atom. The number of likely N-dealkylation sites (tertiary alicyclic amines) is 1. The zero-order chi connectivity index (χ0) is 23.8. The molecule has 1 N–H and O–H groups in total. The summed E-state index contributed by atoms with van der Waals surface area (Å²) < 4.78 is 11.4. The third-order valence-electron chi connectivity index (χ3n) is 6.27. The van der Waals surface area contributed by atoms with E-state index in [1.54, 1.807) is 7.05 Å². The topological polar surface area (TPSA) is 71.1 Å². The van der Waals surface area contributed by atoms with Gasteiger partial charge in [-0.2, -0.15) is 0 Å². The largest absolute Gasteiger partial charge is 0.494 e. The summed E-state index contributed by atoms with van der Waals surface area (Å²) in [6, 6.07) is 6.16. The van der Waals surface area contributed by atoms with Gasteiger partial charge in [0, 0.05) is 31.7 Å². The SMILES string of the molecule is CN(CC(=O)C1CCc2cc(OCCCN3CCCCC3)ccc2NC1)C(=O)OC(C)(C)C. The third kappa shape index (κ3) is 8.22. The number of carbonyl (C=O) groups excluding carboxylic acids is 2. The predicted octanol–water partition coefficient (Wildman–Crippen LogP) is 4.35. The first-order valence-electron chi connectivity index (χ1n) is 12.4. The summed E-state index contributed by atoms with van der Waals surface area (Å²) >= 11 is 0. The number of carbonyl (C=O) groups is 2. The molecule has 1 fully saturated rings. The van der Waals surface area contributed by atoms with Crippen molar-refractivity contribution in [3.63, 3.8) is 0 Å². The smallest absolute Gasteiger partial charge is 0.410 e. The Kier molecular flexibility index (Phi) is 9.01. The Balaban J connectivity index is 1.45. The number of likely N-dealkylation sites (N-methyl/N-ethyl adjacent to an activating group) is 1. The molecule has 1 atom stereocenters. The summed E-state index contributed by atoms with van der Waals surface area (Å²) in [4.78, 5) is 28.9. The average molecular weight is 460 g/mol. The number of hydrogen-bond donors (Lipinski definition) is 1. The van der Waals surface area contributed by atoms with E-state index in [4.69, 9.17) is 9.47 Å². The van der Waals surface area contributed by atoms with Gasteiger partial charge < -0.3 is 24.6 Å². The Morgan fingerprint density at radius 1 is 1.18 bits per heavy atom. The number of nitrogens with one attached hydrogen (secondary N) is 1. The molecule has 1 aromatic rings. The van der Waals surface area contributed by atoms with Crippen molar-refractivity contribution < 1.29 is 19.1 Å². The molecular formula is C26H41N3O4. The van der Waals surface area contributed by atoms with Crippen LogP contribution in [0.2, 0.25) is 0 Å². The molecular weight excluding hydrogens is 418 g/mol. The maximum absolute atomic E-state index is 12.8. The number of amides is 1. The van der Waals surface area contributed by atoms with Gasteiger partial charge in [-0.3, -0.25) is 4.79 Å². The first kappa shape index (κ1) is 25.3. The maximum atomic E-state index is 12.8.